The normalized spacial score (nSPS) is 12.2. The first-order chi connectivity index (χ1) is 8.11. The highest BCUT2D eigenvalue weighted by atomic mass is 32.2. The van der Waals surface area contributed by atoms with E-state index in [2.05, 4.69) is 0 Å². The Balaban J connectivity index is 2.39. The molecule has 2 N–H and O–H groups in total. The smallest absolute Gasteiger partial charge is 0.163 e. The van der Waals surface area contributed by atoms with E-state index in [0.717, 1.165) is 11.5 Å². The highest BCUT2D eigenvalue weighted by Crippen LogP contribution is 2.18. The van der Waals surface area contributed by atoms with Crippen LogP contribution in [0.5, 0.6) is 5.75 Å². The van der Waals surface area contributed by atoms with Gasteiger partial charge in [-0.2, -0.15) is 11.8 Å². The molecule has 94 valence electrons. The Morgan fingerprint density at radius 1 is 1.47 bits per heavy atom. The van der Waals surface area contributed by atoms with Crippen molar-refractivity contribution in [1.29, 1.82) is 0 Å². The summed E-state index contributed by atoms with van der Waals surface area (Å²) in [4.78, 5) is 11.3. The van der Waals surface area contributed by atoms with E-state index in [1.807, 2.05) is 25.1 Å². The van der Waals surface area contributed by atoms with Crippen molar-refractivity contribution in [2.45, 2.75) is 19.9 Å². The fourth-order valence-electron chi connectivity index (χ4n) is 1.36. The van der Waals surface area contributed by atoms with Gasteiger partial charge in [-0.05, 0) is 26.0 Å². The van der Waals surface area contributed by atoms with Crippen LogP contribution in [-0.2, 0) is 0 Å². The van der Waals surface area contributed by atoms with E-state index >= 15 is 0 Å². The lowest BCUT2D eigenvalue weighted by molar-refractivity contribution is 0.101. The van der Waals surface area contributed by atoms with Gasteiger partial charge in [-0.3, -0.25) is 4.79 Å². The predicted octanol–water partition coefficient (Wildman–Crippen LogP) is 2.35. The van der Waals surface area contributed by atoms with Crippen LogP contribution in [0.25, 0.3) is 0 Å². The van der Waals surface area contributed by atoms with Gasteiger partial charge in [0.05, 0.1) is 12.2 Å². The molecule has 0 heterocycles. The number of Topliss-reactive ketones (excluding diaryl/α,β-unsaturated/α-hetero) is 1. The molecule has 0 saturated heterocycles. The summed E-state index contributed by atoms with van der Waals surface area (Å²) in [7, 11) is 0. The van der Waals surface area contributed by atoms with Crippen LogP contribution in [0.1, 0.15) is 24.2 Å². The second kappa shape index (κ2) is 7.35. The highest BCUT2D eigenvalue weighted by molar-refractivity contribution is 7.99. The largest absolute Gasteiger partial charge is 0.492 e. The van der Waals surface area contributed by atoms with Crippen LogP contribution >= 0.6 is 11.8 Å². The van der Waals surface area contributed by atoms with Crippen LogP contribution in [0.15, 0.2) is 24.3 Å². The van der Waals surface area contributed by atoms with Crippen molar-refractivity contribution < 1.29 is 9.53 Å². The fraction of sp³-hybridized carbons (Fsp3) is 0.462. The minimum atomic E-state index is 0.0313. The van der Waals surface area contributed by atoms with Crippen molar-refractivity contribution in [1.82, 2.24) is 0 Å². The number of rotatable bonds is 7. The molecule has 3 nitrogen and oxygen atoms in total. The Hall–Kier alpha value is -1.00. The Morgan fingerprint density at radius 3 is 2.82 bits per heavy atom. The summed E-state index contributed by atoms with van der Waals surface area (Å²) in [6.45, 7) is 4.13. The minimum Gasteiger partial charge on any atom is -0.492 e. The molecule has 0 fully saturated rings. The predicted molar refractivity (Wildman–Crippen MR) is 72.9 cm³/mol. The molecular weight excluding hydrogens is 234 g/mol. The number of ether oxygens (including phenoxy) is 1. The Bertz CT molecular complexity index is 366. The van der Waals surface area contributed by atoms with E-state index in [1.54, 1.807) is 24.8 Å². The van der Waals surface area contributed by atoms with Crippen molar-refractivity contribution in [2.24, 2.45) is 5.73 Å². The van der Waals surface area contributed by atoms with Crippen LogP contribution in [-0.4, -0.2) is 29.9 Å². The van der Waals surface area contributed by atoms with Crippen molar-refractivity contribution >= 4 is 17.5 Å². The number of thioether (sulfide) groups is 1. The van der Waals surface area contributed by atoms with Crippen molar-refractivity contribution in [3.63, 3.8) is 0 Å². The van der Waals surface area contributed by atoms with Gasteiger partial charge >= 0.3 is 0 Å². The number of para-hydroxylation sites is 1. The Morgan fingerprint density at radius 2 is 2.18 bits per heavy atom. The van der Waals surface area contributed by atoms with Gasteiger partial charge in [0, 0.05) is 17.5 Å². The molecule has 1 unspecified atom stereocenters. The maximum atomic E-state index is 11.3. The first-order valence-electron chi connectivity index (χ1n) is 5.67. The monoisotopic (exact) mass is 253 g/mol. The van der Waals surface area contributed by atoms with Gasteiger partial charge in [-0.1, -0.05) is 12.1 Å². The van der Waals surface area contributed by atoms with Gasteiger partial charge in [-0.15, -0.1) is 0 Å². The summed E-state index contributed by atoms with van der Waals surface area (Å²) in [5, 5.41) is 0. The first-order valence-corrected chi connectivity index (χ1v) is 6.83. The number of nitrogens with two attached hydrogens (primary N) is 1. The van der Waals surface area contributed by atoms with Crippen LogP contribution in [0, 0.1) is 0 Å². The quantitative estimate of drug-likeness (QED) is 0.598. The summed E-state index contributed by atoms with van der Waals surface area (Å²) in [5.41, 5.74) is 6.29. The maximum Gasteiger partial charge on any atom is 0.163 e. The van der Waals surface area contributed by atoms with Gasteiger partial charge in [0.25, 0.3) is 0 Å². The zero-order chi connectivity index (χ0) is 12.7. The Labute approximate surface area is 107 Å². The number of hydrogen-bond donors (Lipinski definition) is 1. The van der Waals surface area contributed by atoms with Gasteiger partial charge < -0.3 is 10.5 Å². The van der Waals surface area contributed by atoms with Gasteiger partial charge in [0.15, 0.2) is 5.78 Å². The molecule has 1 rings (SSSR count). The standard InChI is InChI=1S/C13H19NO2S/c1-10(14)9-17-8-7-16-13-6-4-3-5-12(13)11(2)15/h3-6,10H,7-9,14H2,1-2H3. The maximum absolute atomic E-state index is 11.3. The van der Waals surface area contributed by atoms with Crippen molar-refractivity contribution in [3.8, 4) is 5.75 Å². The molecule has 0 aromatic heterocycles. The lowest BCUT2D eigenvalue weighted by Gasteiger charge is -2.09. The molecule has 1 aromatic carbocycles. The number of carbonyl (C=O) groups excluding carboxylic acids is 1. The molecule has 0 spiro atoms. The van der Waals surface area contributed by atoms with Crippen LogP contribution < -0.4 is 10.5 Å². The molecule has 0 saturated carbocycles. The lowest BCUT2D eigenvalue weighted by atomic mass is 10.1. The second-order valence-corrected chi connectivity index (χ2v) is 5.10. The topological polar surface area (TPSA) is 52.3 Å². The number of ketones is 1. The number of carbonyl (C=O) groups is 1. The van der Waals surface area contributed by atoms with Gasteiger partial charge in [-0.25, -0.2) is 0 Å². The highest BCUT2D eigenvalue weighted by Gasteiger charge is 2.06. The summed E-state index contributed by atoms with van der Waals surface area (Å²) in [6.07, 6.45) is 0. The van der Waals surface area contributed by atoms with Gasteiger partial charge in [0.1, 0.15) is 5.75 Å². The molecular formula is C13H19NO2S. The number of hydrogen-bond acceptors (Lipinski definition) is 4. The number of benzene rings is 1. The average Bonchev–Trinajstić information content (AvgIpc) is 2.28. The lowest BCUT2D eigenvalue weighted by Crippen LogP contribution is -2.18. The van der Waals surface area contributed by atoms with E-state index in [1.165, 1.54) is 0 Å². The molecule has 0 amide bonds. The molecule has 1 atom stereocenters. The summed E-state index contributed by atoms with van der Waals surface area (Å²) in [5.74, 6) is 2.51. The van der Waals surface area contributed by atoms with E-state index in [0.29, 0.717) is 17.9 Å². The summed E-state index contributed by atoms with van der Waals surface area (Å²) < 4.78 is 5.60. The summed E-state index contributed by atoms with van der Waals surface area (Å²) >= 11 is 1.76. The van der Waals surface area contributed by atoms with Crippen molar-refractivity contribution in [2.75, 3.05) is 18.1 Å². The molecule has 0 bridgehead atoms. The molecule has 0 aliphatic carbocycles. The molecule has 0 radical (unpaired) electrons. The van der Waals surface area contributed by atoms with Crippen LogP contribution in [0.4, 0.5) is 0 Å². The fourth-order valence-corrected chi connectivity index (χ4v) is 2.10. The van der Waals surface area contributed by atoms with Crippen LogP contribution in [0.2, 0.25) is 0 Å². The minimum absolute atomic E-state index is 0.0313. The van der Waals surface area contributed by atoms with E-state index in [-0.39, 0.29) is 11.8 Å². The molecule has 0 aliphatic heterocycles. The van der Waals surface area contributed by atoms with E-state index < -0.39 is 0 Å². The van der Waals surface area contributed by atoms with Gasteiger partial charge in [0.2, 0.25) is 0 Å². The zero-order valence-electron chi connectivity index (χ0n) is 10.3. The third-order valence-corrected chi connectivity index (χ3v) is 3.35. The summed E-state index contributed by atoms with van der Waals surface area (Å²) in [6, 6.07) is 7.54. The SMILES string of the molecule is CC(=O)c1ccccc1OCCSCC(C)N. The molecule has 4 heteroatoms. The van der Waals surface area contributed by atoms with Crippen LogP contribution in [0.3, 0.4) is 0 Å². The van der Waals surface area contributed by atoms with E-state index in [9.17, 15) is 4.79 Å². The zero-order valence-corrected chi connectivity index (χ0v) is 11.1. The Kier molecular flexibility index (Phi) is 6.08. The average molecular weight is 253 g/mol. The third-order valence-electron chi connectivity index (χ3n) is 2.13. The third kappa shape index (κ3) is 5.24. The van der Waals surface area contributed by atoms with Crippen molar-refractivity contribution in [3.05, 3.63) is 29.8 Å². The second-order valence-electron chi connectivity index (χ2n) is 3.95. The first kappa shape index (κ1) is 14.1. The molecule has 1 aromatic rings. The van der Waals surface area contributed by atoms with E-state index in [4.69, 9.17) is 10.5 Å². The molecule has 17 heavy (non-hydrogen) atoms. The molecule has 0 aliphatic rings.